The normalized spacial score (nSPS) is 12.8. The Morgan fingerprint density at radius 2 is 1.78 bits per heavy atom. The molecule has 1 aromatic carbocycles. The highest BCUT2D eigenvalue weighted by atomic mass is 16.5. The summed E-state index contributed by atoms with van der Waals surface area (Å²) in [5, 5.41) is 8.84. The van der Waals surface area contributed by atoms with Gasteiger partial charge < -0.3 is 9.84 Å². The molecule has 0 saturated heterocycles. The van der Waals surface area contributed by atoms with Crippen LogP contribution in [0, 0.1) is 5.41 Å². The predicted octanol–water partition coefficient (Wildman–Crippen LogP) is 2.73. The van der Waals surface area contributed by atoms with Crippen molar-refractivity contribution in [2.75, 3.05) is 0 Å². The molecular weight excluding hydrogens is 232 g/mol. The lowest BCUT2D eigenvalue weighted by atomic mass is 9.87. The lowest BCUT2D eigenvalue weighted by Crippen LogP contribution is -2.33. The first-order valence-electron chi connectivity index (χ1n) is 5.78. The van der Waals surface area contributed by atoms with E-state index in [2.05, 4.69) is 0 Å². The molecule has 0 heterocycles. The van der Waals surface area contributed by atoms with Crippen molar-refractivity contribution in [1.82, 2.24) is 0 Å². The minimum atomic E-state index is -0.976. The summed E-state index contributed by atoms with van der Waals surface area (Å²) < 4.78 is 5.29. The molecule has 0 aliphatic heterocycles. The van der Waals surface area contributed by atoms with Gasteiger partial charge in [0, 0.05) is 0 Å². The van der Waals surface area contributed by atoms with Crippen molar-refractivity contribution in [2.24, 2.45) is 5.41 Å². The second-order valence-corrected chi connectivity index (χ2v) is 5.22. The number of hydrogen-bond donors (Lipinski definition) is 1. The van der Waals surface area contributed by atoms with E-state index in [4.69, 9.17) is 9.84 Å². The van der Waals surface area contributed by atoms with Gasteiger partial charge in [0.15, 0.2) is 0 Å². The molecule has 0 fully saturated rings. The third kappa shape index (κ3) is 4.20. The molecule has 1 N–H and O–H groups in total. The fraction of sp³-hybridized carbons (Fsp3) is 0.429. The van der Waals surface area contributed by atoms with Crippen LogP contribution < -0.4 is 0 Å². The first kappa shape index (κ1) is 14.2. The van der Waals surface area contributed by atoms with Crippen LogP contribution in [0.5, 0.6) is 0 Å². The number of benzene rings is 1. The fourth-order valence-corrected chi connectivity index (χ4v) is 1.45. The van der Waals surface area contributed by atoms with E-state index >= 15 is 0 Å². The zero-order chi connectivity index (χ0) is 13.8. The van der Waals surface area contributed by atoms with Crippen LogP contribution >= 0.6 is 0 Å². The van der Waals surface area contributed by atoms with Crippen LogP contribution in [0.15, 0.2) is 30.3 Å². The summed E-state index contributed by atoms with van der Waals surface area (Å²) in [6, 6.07) is 8.56. The summed E-state index contributed by atoms with van der Waals surface area (Å²) in [5.41, 5.74) is 0.0140. The Bertz CT molecular complexity index is 417. The van der Waals surface area contributed by atoms with Gasteiger partial charge in [-0.2, -0.15) is 0 Å². The highest BCUT2D eigenvalue weighted by molar-refractivity contribution is 5.89. The average Bonchev–Trinajstić information content (AvgIpc) is 2.27. The Labute approximate surface area is 107 Å². The molecule has 98 valence electrons. The van der Waals surface area contributed by atoms with Crippen LogP contribution in [0.25, 0.3) is 0 Å². The third-order valence-corrected chi connectivity index (χ3v) is 2.58. The smallest absolute Gasteiger partial charge is 0.338 e. The van der Waals surface area contributed by atoms with Crippen molar-refractivity contribution in [1.29, 1.82) is 0 Å². The van der Waals surface area contributed by atoms with Gasteiger partial charge in [0.2, 0.25) is 0 Å². The maximum Gasteiger partial charge on any atom is 0.338 e. The van der Waals surface area contributed by atoms with Crippen molar-refractivity contribution >= 4 is 11.9 Å². The van der Waals surface area contributed by atoms with E-state index in [0.29, 0.717) is 5.56 Å². The van der Waals surface area contributed by atoms with Crippen LogP contribution in [0.3, 0.4) is 0 Å². The molecule has 0 spiro atoms. The van der Waals surface area contributed by atoms with E-state index in [1.54, 1.807) is 30.3 Å². The van der Waals surface area contributed by atoms with Crippen molar-refractivity contribution < 1.29 is 19.4 Å². The molecule has 1 aromatic rings. The largest absolute Gasteiger partial charge is 0.481 e. The molecular formula is C14H18O4. The van der Waals surface area contributed by atoms with Crippen LogP contribution in [0.4, 0.5) is 0 Å². The zero-order valence-electron chi connectivity index (χ0n) is 10.8. The Morgan fingerprint density at radius 3 is 2.22 bits per heavy atom. The van der Waals surface area contributed by atoms with Gasteiger partial charge in [-0.15, -0.1) is 0 Å². The van der Waals surface area contributed by atoms with Gasteiger partial charge in [0.05, 0.1) is 12.0 Å². The molecule has 4 nitrogen and oxygen atoms in total. The number of carboxylic acids is 1. The molecule has 0 aromatic heterocycles. The summed E-state index contributed by atoms with van der Waals surface area (Å²) in [6.07, 6.45) is -0.843. The molecule has 4 heteroatoms. The third-order valence-electron chi connectivity index (χ3n) is 2.58. The molecule has 1 atom stereocenters. The SMILES string of the molecule is CC(C)(C)C(CC(=O)O)OC(=O)c1ccccc1. The summed E-state index contributed by atoms with van der Waals surface area (Å²) in [4.78, 5) is 22.7. The van der Waals surface area contributed by atoms with Crippen LogP contribution in [-0.2, 0) is 9.53 Å². The Balaban J connectivity index is 2.78. The Hall–Kier alpha value is -1.84. The molecule has 0 aliphatic carbocycles. The maximum atomic E-state index is 11.9. The molecule has 18 heavy (non-hydrogen) atoms. The van der Waals surface area contributed by atoms with Crippen molar-refractivity contribution in [3.05, 3.63) is 35.9 Å². The Morgan fingerprint density at radius 1 is 1.22 bits per heavy atom. The molecule has 0 radical (unpaired) electrons. The van der Waals surface area contributed by atoms with E-state index < -0.39 is 23.5 Å². The number of carboxylic acid groups (broad SMARTS) is 1. The Kier molecular flexibility index (Phi) is 4.48. The number of esters is 1. The lowest BCUT2D eigenvalue weighted by molar-refractivity contribution is -0.141. The fourth-order valence-electron chi connectivity index (χ4n) is 1.45. The monoisotopic (exact) mass is 250 g/mol. The lowest BCUT2D eigenvalue weighted by Gasteiger charge is -2.29. The molecule has 1 rings (SSSR count). The number of ether oxygens (including phenoxy) is 1. The predicted molar refractivity (Wildman–Crippen MR) is 67.4 cm³/mol. The summed E-state index contributed by atoms with van der Waals surface area (Å²) in [6.45, 7) is 5.54. The van der Waals surface area contributed by atoms with Gasteiger partial charge in [-0.25, -0.2) is 4.79 Å². The minimum absolute atomic E-state index is 0.192. The van der Waals surface area contributed by atoms with Crippen LogP contribution in [-0.4, -0.2) is 23.1 Å². The quantitative estimate of drug-likeness (QED) is 0.834. The van der Waals surface area contributed by atoms with Gasteiger partial charge in [0.1, 0.15) is 6.10 Å². The summed E-state index contributed by atoms with van der Waals surface area (Å²) in [5.74, 6) is -1.47. The van der Waals surface area contributed by atoms with Crippen molar-refractivity contribution in [2.45, 2.75) is 33.3 Å². The highest BCUT2D eigenvalue weighted by Gasteiger charge is 2.30. The van der Waals surface area contributed by atoms with E-state index in [0.717, 1.165) is 0 Å². The number of carbonyl (C=O) groups excluding carboxylic acids is 1. The summed E-state index contributed by atoms with van der Waals surface area (Å²) >= 11 is 0. The minimum Gasteiger partial charge on any atom is -0.481 e. The van der Waals surface area contributed by atoms with Gasteiger partial charge in [-0.3, -0.25) is 4.79 Å². The number of carbonyl (C=O) groups is 2. The number of rotatable bonds is 4. The van der Waals surface area contributed by atoms with Gasteiger partial charge in [0.25, 0.3) is 0 Å². The zero-order valence-corrected chi connectivity index (χ0v) is 10.8. The van der Waals surface area contributed by atoms with E-state index in [9.17, 15) is 9.59 Å². The molecule has 0 aliphatic rings. The standard InChI is InChI=1S/C14H18O4/c1-14(2,3)11(9-12(15)16)18-13(17)10-7-5-4-6-8-10/h4-8,11H,9H2,1-3H3,(H,15,16). The maximum absolute atomic E-state index is 11.9. The van der Waals surface area contributed by atoms with E-state index in [-0.39, 0.29) is 6.42 Å². The van der Waals surface area contributed by atoms with E-state index in [1.165, 1.54) is 0 Å². The van der Waals surface area contributed by atoms with Crippen molar-refractivity contribution in [3.63, 3.8) is 0 Å². The van der Waals surface area contributed by atoms with Crippen LogP contribution in [0.1, 0.15) is 37.6 Å². The number of aliphatic carboxylic acids is 1. The first-order valence-corrected chi connectivity index (χ1v) is 5.78. The van der Waals surface area contributed by atoms with Gasteiger partial charge in [-0.05, 0) is 17.5 Å². The van der Waals surface area contributed by atoms with E-state index in [1.807, 2.05) is 20.8 Å². The van der Waals surface area contributed by atoms with Crippen LogP contribution in [0.2, 0.25) is 0 Å². The topological polar surface area (TPSA) is 63.6 Å². The first-order chi connectivity index (χ1) is 8.30. The highest BCUT2D eigenvalue weighted by Crippen LogP contribution is 2.26. The molecule has 0 bridgehead atoms. The van der Waals surface area contributed by atoms with Crippen molar-refractivity contribution in [3.8, 4) is 0 Å². The average molecular weight is 250 g/mol. The molecule has 1 unspecified atom stereocenters. The van der Waals surface area contributed by atoms with Gasteiger partial charge >= 0.3 is 11.9 Å². The number of hydrogen-bond acceptors (Lipinski definition) is 3. The second kappa shape index (κ2) is 5.67. The molecule has 0 amide bonds. The second-order valence-electron chi connectivity index (χ2n) is 5.22. The molecule has 0 saturated carbocycles. The van der Waals surface area contributed by atoms with Gasteiger partial charge in [-0.1, -0.05) is 39.0 Å². The summed E-state index contributed by atoms with van der Waals surface area (Å²) in [7, 11) is 0.